The van der Waals surface area contributed by atoms with Gasteiger partial charge in [-0.15, -0.1) is 0 Å². The number of hydrogen-bond acceptors (Lipinski definition) is 2. The van der Waals surface area contributed by atoms with Gasteiger partial charge in [-0.2, -0.15) is 0 Å². The minimum atomic E-state index is -0.0719. The Hall–Kier alpha value is -1.77. The highest BCUT2D eigenvalue weighted by Gasteiger charge is 2.38. The lowest BCUT2D eigenvalue weighted by molar-refractivity contribution is 0.0922. The van der Waals surface area contributed by atoms with Crippen LogP contribution in [0.5, 0.6) is 0 Å². The maximum absolute atomic E-state index is 12.2. The van der Waals surface area contributed by atoms with E-state index in [0.29, 0.717) is 17.7 Å². The molecule has 1 aliphatic carbocycles. The first kappa shape index (κ1) is 12.3. The van der Waals surface area contributed by atoms with Crippen LogP contribution in [0, 0.1) is 12.8 Å². The van der Waals surface area contributed by atoms with Gasteiger partial charge in [-0.25, -0.2) is 0 Å². The molecule has 0 unspecified atom stereocenters. The van der Waals surface area contributed by atoms with Crippen LogP contribution in [-0.2, 0) is 0 Å². The standard InChI is InChI=1S/C16H19NO2/c1-3-6-11-9-13(11)17-16(18)15-10(2)12-7-4-5-8-14(12)19-15/h4-5,7-8,11,13H,3,6,9H2,1-2H3,(H,17,18)/t11-,13-/m1/s1. The van der Waals surface area contributed by atoms with Crippen LogP contribution in [0.1, 0.15) is 42.3 Å². The Labute approximate surface area is 113 Å². The van der Waals surface area contributed by atoms with Gasteiger partial charge in [0.15, 0.2) is 5.76 Å². The maximum Gasteiger partial charge on any atom is 0.287 e. The molecule has 0 bridgehead atoms. The third kappa shape index (κ3) is 2.25. The van der Waals surface area contributed by atoms with Crippen molar-refractivity contribution in [1.29, 1.82) is 0 Å². The van der Waals surface area contributed by atoms with Crippen molar-refractivity contribution in [3.63, 3.8) is 0 Å². The molecular formula is C16H19NO2. The van der Waals surface area contributed by atoms with E-state index in [1.807, 2.05) is 31.2 Å². The number of carbonyl (C=O) groups is 1. The molecule has 2 aromatic rings. The highest BCUT2D eigenvalue weighted by Crippen LogP contribution is 2.35. The van der Waals surface area contributed by atoms with Gasteiger partial charge in [-0.3, -0.25) is 4.79 Å². The molecule has 1 N–H and O–H groups in total. The minimum Gasteiger partial charge on any atom is -0.451 e. The van der Waals surface area contributed by atoms with Crippen LogP contribution in [0.25, 0.3) is 11.0 Å². The number of fused-ring (bicyclic) bond motifs is 1. The molecule has 1 aromatic heterocycles. The zero-order valence-corrected chi connectivity index (χ0v) is 11.4. The average molecular weight is 257 g/mol. The summed E-state index contributed by atoms with van der Waals surface area (Å²) in [6, 6.07) is 8.12. The molecule has 100 valence electrons. The van der Waals surface area contributed by atoms with Crippen molar-refractivity contribution in [2.45, 2.75) is 39.2 Å². The number of aryl methyl sites for hydroxylation is 1. The Bertz CT molecular complexity index is 614. The Morgan fingerprint density at radius 1 is 1.42 bits per heavy atom. The molecule has 3 rings (SSSR count). The lowest BCUT2D eigenvalue weighted by atomic mass is 10.1. The number of rotatable bonds is 4. The van der Waals surface area contributed by atoms with Gasteiger partial charge < -0.3 is 9.73 Å². The first-order valence-electron chi connectivity index (χ1n) is 6.99. The van der Waals surface area contributed by atoms with Crippen LogP contribution in [0.3, 0.4) is 0 Å². The van der Waals surface area contributed by atoms with Crippen LogP contribution >= 0.6 is 0 Å². The van der Waals surface area contributed by atoms with Crippen molar-refractivity contribution >= 4 is 16.9 Å². The predicted molar refractivity (Wildman–Crippen MR) is 75.2 cm³/mol. The normalized spacial score (nSPS) is 21.6. The van der Waals surface area contributed by atoms with Crippen molar-refractivity contribution in [1.82, 2.24) is 5.32 Å². The fourth-order valence-electron chi connectivity index (χ4n) is 2.74. The van der Waals surface area contributed by atoms with E-state index in [1.165, 1.54) is 12.8 Å². The van der Waals surface area contributed by atoms with E-state index in [2.05, 4.69) is 12.2 Å². The quantitative estimate of drug-likeness (QED) is 0.908. The monoisotopic (exact) mass is 257 g/mol. The van der Waals surface area contributed by atoms with Gasteiger partial charge >= 0.3 is 0 Å². The zero-order chi connectivity index (χ0) is 13.4. The summed E-state index contributed by atoms with van der Waals surface area (Å²) in [4.78, 5) is 12.2. The smallest absolute Gasteiger partial charge is 0.287 e. The fraction of sp³-hybridized carbons (Fsp3) is 0.438. The van der Waals surface area contributed by atoms with Crippen LogP contribution in [0.2, 0.25) is 0 Å². The van der Waals surface area contributed by atoms with Gasteiger partial charge in [0.25, 0.3) is 5.91 Å². The van der Waals surface area contributed by atoms with E-state index < -0.39 is 0 Å². The number of benzene rings is 1. The van der Waals surface area contributed by atoms with E-state index >= 15 is 0 Å². The van der Waals surface area contributed by atoms with Crippen LogP contribution in [0.15, 0.2) is 28.7 Å². The van der Waals surface area contributed by atoms with Gasteiger partial charge in [0.1, 0.15) is 5.58 Å². The summed E-state index contributed by atoms with van der Waals surface area (Å²) in [5.74, 6) is 1.05. The molecule has 2 atom stereocenters. The van der Waals surface area contributed by atoms with E-state index in [9.17, 15) is 4.79 Å². The first-order valence-corrected chi connectivity index (χ1v) is 6.99. The summed E-state index contributed by atoms with van der Waals surface area (Å²) in [6.45, 7) is 4.12. The second-order valence-corrected chi connectivity index (χ2v) is 5.42. The molecule has 0 spiro atoms. The minimum absolute atomic E-state index is 0.0719. The summed E-state index contributed by atoms with van der Waals surface area (Å²) in [5.41, 5.74) is 1.71. The third-order valence-electron chi connectivity index (χ3n) is 3.95. The van der Waals surface area contributed by atoms with Crippen molar-refractivity contribution < 1.29 is 9.21 Å². The Morgan fingerprint density at radius 3 is 2.95 bits per heavy atom. The SMILES string of the molecule is CCC[C@@H]1C[C@H]1NC(=O)c1oc2ccccc2c1C. The molecule has 1 aliphatic rings. The lowest BCUT2D eigenvalue weighted by Crippen LogP contribution is -2.27. The molecule has 19 heavy (non-hydrogen) atoms. The Morgan fingerprint density at radius 2 is 2.21 bits per heavy atom. The lowest BCUT2D eigenvalue weighted by Gasteiger charge is -2.02. The van der Waals surface area contributed by atoms with Crippen LogP contribution in [0.4, 0.5) is 0 Å². The number of hydrogen-bond donors (Lipinski definition) is 1. The van der Waals surface area contributed by atoms with E-state index in [0.717, 1.165) is 23.0 Å². The number of amides is 1. The predicted octanol–water partition coefficient (Wildman–Crippen LogP) is 3.66. The van der Waals surface area contributed by atoms with E-state index in [1.54, 1.807) is 0 Å². The van der Waals surface area contributed by atoms with Gasteiger partial charge in [-0.05, 0) is 31.7 Å². The van der Waals surface area contributed by atoms with Crippen molar-refractivity contribution in [3.8, 4) is 0 Å². The summed E-state index contributed by atoms with van der Waals surface area (Å²) in [7, 11) is 0. The molecule has 3 nitrogen and oxygen atoms in total. The van der Waals surface area contributed by atoms with E-state index in [4.69, 9.17) is 4.42 Å². The highest BCUT2D eigenvalue weighted by molar-refractivity contribution is 5.99. The molecule has 0 aliphatic heterocycles. The van der Waals surface area contributed by atoms with Gasteiger partial charge in [0.2, 0.25) is 0 Å². The number of furan rings is 1. The molecule has 1 amide bonds. The summed E-state index contributed by atoms with van der Waals surface area (Å²) in [5, 5.41) is 4.10. The molecular weight excluding hydrogens is 238 g/mol. The highest BCUT2D eigenvalue weighted by atomic mass is 16.3. The second-order valence-electron chi connectivity index (χ2n) is 5.42. The topological polar surface area (TPSA) is 42.2 Å². The third-order valence-corrected chi connectivity index (χ3v) is 3.95. The van der Waals surface area contributed by atoms with Gasteiger partial charge in [0.05, 0.1) is 0 Å². The Kier molecular flexibility index (Phi) is 3.05. The van der Waals surface area contributed by atoms with Crippen molar-refractivity contribution in [2.24, 2.45) is 5.92 Å². The summed E-state index contributed by atoms with van der Waals surface area (Å²) >= 11 is 0. The molecule has 0 saturated heterocycles. The second kappa shape index (κ2) is 4.72. The molecule has 1 aromatic carbocycles. The summed E-state index contributed by atoms with van der Waals surface area (Å²) < 4.78 is 5.67. The fourth-order valence-corrected chi connectivity index (χ4v) is 2.74. The number of nitrogens with one attached hydrogen (secondary N) is 1. The summed E-state index contributed by atoms with van der Waals surface area (Å²) in [6.07, 6.45) is 3.49. The number of para-hydroxylation sites is 1. The van der Waals surface area contributed by atoms with Gasteiger partial charge in [-0.1, -0.05) is 31.5 Å². The van der Waals surface area contributed by atoms with Crippen molar-refractivity contribution in [2.75, 3.05) is 0 Å². The van der Waals surface area contributed by atoms with Crippen molar-refractivity contribution in [3.05, 3.63) is 35.6 Å². The van der Waals surface area contributed by atoms with Crippen LogP contribution in [-0.4, -0.2) is 11.9 Å². The molecule has 1 heterocycles. The maximum atomic E-state index is 12.2. The number of carbonyl (C=O) groups excluding carboxylic acids is 1. The largest absolute Gasteiger partial charge is 0.451 e. The Balaban J connectivity index is 1.77. The first-order chi connectivity index (χ1) is 9.20. The van der Waals surface area contributed by atoms with E-state index in [-0.39, 0.29) is 5.91 Å². The average Bonchev–Trinajstić information content (AvgIpc) is 3.04. The molecule has 1 saturated carbocycles. The van der Waals surface area contributed by atoms with Gasteiger partial charge in [0, 0.05) is 17.0 Å². The zero-order valence-electron chi connectivity index (χ0n) is 11.4. The molecule has 3 heteroatoms. The van der Waals surface area contributed by atoms with Crippen LogP contribution < -0.4 is 5.32 Å². The molecule has 0 radical (unpaired) electrons. The molecule has 1 fully saturated rings.